The summed E-state index contributed by atoms with van der Waals surface area (Å²) in [6, 6.07) is 7.91. The molecule has 0 bridgehead atoms. The molecule has 1 aliphatic heterocycles. The fourth-order valence-electron chi connectivity index (χ4n) is 2.76. The third-order valence-corrected chi connectivity index (χ3v) is 4.89. The lowest BCUT2D eigenvalue weighted by Gasteiger charge is -2.23. The van der Waals surface area contributed by atoms with Crippen molar-refractivity contribution in [1.29, 1.82) is 0 Å². The monoisotopic (exact) mass is 389 g/mol. The lowest BCUT2D eigenvalue weighted by Crippen LogP contribution is -2.35. The van der Waals surface area contributed by atoms with Crippen molar-refractivity contribution in [3.8, 4) is 0 Å². The molecule has 1 saturated heterocycles. The Labute approximate surface area is 145 Å². The van der Waals surface area contributed by atoms with E-state index in [1.807, 2.05) is 31.2 Å². The molecule has 2 atom stereocenters. The largest absolute Gasteiger partial charge is 0.481 e. The molecule has 2 unspecified atom stereocenters. The molecule has 6 heteroatoms. The van der Waals surface area contributed by atoms with E-state index in [0.717, 1.165) is 16.5 Å². The number of nitrogens with zero attached hydrogens (tertiary/aromatic N) is 1. The Hall–Kier alpha value is -1.07. The normalized spacial score (nSPS) is 18.6. The van der Waals surface area contributed by atoms with Gasteiger partial charge in [0.25, 0.3) is 0 Å². The molecular weight excluding hydrogens is 370 g/mol. The molecule has 1 aromatic carbocycles. The van der Waals surface area contributed by atoms with Crippen LogP contribution in [0, 0.1) is 11.8 Å². The van der Waals surface area contributed by atoms with E-state index in [2.05, 4.69) is 15.9 Å². The molecule has 1 fully saturated rings. The van der Waals surface area contributed by atoms with Crippen LogP contribution >= 0.6 is 28.3 Å². The highest BCUT2D eigenvalue weighted by Crippen LogP contribution is 2.25. The standard InChI is InChI=1S/C16H20BrNO3.ClH/c1-2-11(9-12-5-3-4-6-14(12)17)15(19)18-8-7-13(10-18)16(20)21;/h3-6,11,13H,2,7-10H2,1H3,(H,20,21);1H. The molecule has 122 valence electrons. The first-order valence-corrected chi connectivity index (χ1v) is 8.07. The van der Waals surface area contributed by atoms with Crippen molar-refractivity contribution in [2.75, 3.05) is 13.1 Å². The lowest BCUT2D eigenvalue weighted by atomic mass is 9.95. The van der Waals surface area contributed by atoms with Crippen LogP contribution in [0.5, 0.6) is 0 Å². The maximum absolute atomic E-state index is 12.6. The highest BCUT2D eigenvalue weighted by atomic mass is 79.9. The average molecular weight is 391 g/mol. The van der Waals surface area contributed by atoms with Gasteiger partial charge < -0.3 is 10.0 Å². The third kappa shape index (κ3) is 4.46. The van der Waals surface area contributed by atoms with E-state index in [0.29, 0.717) is 25.9 Å². The number of hydrogen-bond donors (Lipinski definition) is 1. The molecule has 22 heavy (non-hydrogen) atoms. The third-order valence-electron chi connectivity index (χ3n) is 4.12. The first kappa shape index (κ1) is 19.0. The number of amides is 1. The highest BCUT2D eigenvalue weighted by Gasteiger charge is 2.33. The second-order valence-corrected chi connectivity index (χ2v) is 6.36. The summed E-state index contributed by atoms with van der Waals surface area (Å²) in [7, 11) is 0. The molecule has 0 spiro atoms. The molecule has 1 aliphatic rings. The summed E-state index contributed by atoms with van der Waals surface area (Å²) in [5, 5.41) is 9.04. The van der Waals surface area contributed by atoms with Gasteiger partial charge in [-0.15, -0.1) is 12.4 Å². The average Bonchev–Trinajstić information content (AvgIpc) is 2.96. The number of carboxylic acids is 1. The molecule has 1 N–H and O–H groups in total. The Morgan fingerprint density at radius 1 is 1.41 bits per heavy atom. The number of benzene rings is 1. The van der Waals surface area contributed by atoms with Gasteiger partial charge in [0.15, 0.2) is 0 Å². The summed E-state index contributed by atoms with van der Waals surface area (Å²) in [4.78, 5) is 25.3. The van der Waals surface area contributed by atoms with Crippen molar-refractivity contribution < 1.29 is 14.7 Å². The highest BCUT2D eigenvalue weighted by molar-refractivity contribution is 9.10. The zero-order chi connectivity index (χ0) is 15.4. The minimum atomic E-state index is -0.802. The Kier molecular flexibility index (Phi) is 7.36. The fraction of sp³-hybridized carbons (Fsp3) is 0.500. The number of aliphatic carboxylic acids is 1. The second kappa shape index (κ2) is 8.53. The van der Waals surface area contributed by atoms with Crippen molar-refractivity contribution in [1.82, 2.24) is 4.90 Å². The quantitative estimate of drug-likeness (QED) is 0.838. The van der Waals surface area contributed by atoms with Gasteiger partial charge in [-0.3, -0.25) is 9.59 Å². The number of rotatable bonds is 5. The van der Waals surface area contributed by atoms with Crippen molar-refractivity contribution in [2.45, 2.75) is 26.2 Å². The van der Waals surface area contributed by atoms with Gasteiger partial charge in [0, 0.05) is 23.5 Å². The summed E-state index contributed by atoms with van der Waals surface area (Å²) in [5.74, 6) is -1.22. The summed E-state index contributed by atoms with van der Waals surface area (Å²) in [5.41, 5.74) is 1.12. The number of hydrogen-bond acceptors (Lipinski definition) is 2. The van der Waals surface area contributed by atoms with Gasteiger partial charge in [0.2, 0.25) is 5.91 Å². The SMILES string of the molecule is CCC(Cc1ccccc1Br)C(=O)N1CCC(C(=O)O)C1.Cl. The number of halogens is 2. The molecule has 1 amide bonds. The molecule has 0 saturated carbocycles. The number of carbonyl (C=O) groups excluding carboxylic acids is 1. The summed E-state index contributed by atoms with van der Waals surface area (Å²) < 4.78 is 1.01. The van der Waals surface area contributed by atoms with Gasteiger partial charge in [0.1, 0.15) is 0 Å². The zero-order valence-electron chi connectivity index (χ0n) is 12.5. The van der Waals surface area contributed by atoms with E-state index >= 15 is 0 Å². The minimum absolute atomic E-state index is 0. The van der Waals surface area contributed by atoms with E-state index in [9.17, 15) is 9.59 Å². The maximum Gasteiger partial charge on any atom is 0.308 e. The minimum Gasteiger partial charge on any atom is -0.481 e. The van der Waals surface area contributed by atoms with Crippen LogP contribution in [0.15, 0.2) is 28.7 Å². The molecule has 0 aromatic heterocycles. The Morgan fingerprint density at radius 3 is 2.64 bits per heavy atom. The van der Waals surface area contributed by atoms with Gasteiger partial charge in [0.05, 0.1) is 5.92 Å². The van der Waals surface area contributed by atoms with Crippen LogP contribution in [0.1, 0.15) is 25.3 Å². The van der Waals surface area contributed by atoms with Crippen LogP contribution in [0.3, 0.4) is 0 Å². The molecule has 1 aromatic rings. The number of carbonyl (C=O) groups is 2. The summed E-state index contributed by atoms with van der Waals surface area (Å²) in [6.07, 6.45) is 2.01. The zero-order valence-corrected chi connectivity index (χ0v) is 14.9. The Morgan fingerprint density at radius 2 is 2.09 bits per heavy atom. The van der Waals surface area contributed by atoms with Gasteiger partial charge in [-0.2, -0.15) is 0 Å². The van der Waals surface area contributed by atoms with E-state index in [1.54, 1.807) is 4.90 Å². The summed E-state index contributed by atoms with van der Waals surface area (Å²) >= 11 is 3.51. The Balaban J connectivity index is 0.00000242. The van der Waals surface area contributed by atoms with Gasteiger partial charge in [-0.05, 0) is 30.9 Å². The summed E-state index contributed by atoms with van der Waals surface area (Å²) in [6.45, 7) is 2.91. The molecule has 0 aliphatic carbocycles. The number of carboxylic acid groups (broad SMARTS) is 1. The van der Waals surface area contributed by atoms with E-state index in [1.165, 1.54) is 0 Å². The van der Waals surface area contributed by atoms with Crippen LogP contribution < -0.4 is 0 Å². The first-order valence-electron chi connectivity index (χ1n) is 7.28. The van der Waals surface area contributed by atoms with Crippen molar-refractivity contribution >= 4 is 40.2 Å². The molecular formula is C16H21BrClNO3. The van der Waals surface area contributed by atoms with Gasteiger partial charge in [-0.1, -0.05) is 41.1 Å². The topological polar surface area (TPSA) is 57.6 Å². The Bertz CT molecular complexity index is 538. The first-order chi connectivity index (χ1) is 10.0. The maximum atomic E-state index is 12.6. The number of likely N-dealkylation sites (tertiary alicyclic amines) is 1. The van der Waals surface area contributed by atoms with Gasteiger partial charge >= 0.3 is 5.97 Å². The smallest absolute Gasteiger partial charge is 0.308 e. The van der Waals surface area contributed by atoms with Crippen molar-refractivity contribution in [2.24, 2.45) is 11.8 Å². The van der Waals surface area contributed by atoms with Crippen molar-refractivity contribution in [3.63, 3.8) is 0 Å². The predicted molar refractivity (Wildman–Crippen MR) is 91.2 cm³/mol. The van der Waals surface area contributed by atoms with Crippen LogP contribution in [-0.2, 0) is 16.0 Å². The van der Waals surface area contributed by atoms with Crippen molar-refractivity contribution in [3.05, 3.63) is 34.3 Å². The van der Waals surface area contributed by atoms with E-state index in [4.69, 9.17) is 5.11 Å². The second-order valence-electron chi connectivity index (χ2n) is 5.51. The molecule has 0 radical (unpaired) electrons. The molecule has 4 nitrogen and oxygen atoms in total. The van der Waals surface area contributed by atoms with Crippen LogP contribution in [0.25, 0.3) is 0 Å². The molecule has 2 rings (SSSR count). The van der Waals surface area contributed by atoms with Crippen LogP contribution in [-0.4, -0.2) is 35.0 Å². The fourth-order valence-corrected chi connectivity index (χ4v) is 3.20. The van der Waals surface area contributed by atoms with E-state index in [-0.39, 0.29) is 24.2 Å². The molecule has 1 heterocycles. The van der Waals surface area contributed by atoms with Crippen LogP contribution in [0.2, 0.25) is 0 Å². The van der Waals surface area contributed by atoms with Gasteiger partial charge in [-0.25, -0.2) is 0 Å². The van der Waals surface area contributed by atoms with E-state index < -0.39 is 11.9 Å². The van der Waals surface area contributed by atoms with Crippen LogP contribution in [0.4, 0.5) is 0 Å². The lowest BCUT2D eigenvalue weighted by molar-refractivity contribution is -0.141. The predicted octanol–water partition coefficient (Wildman–Crippen LogP) is 3.37.